The molecule has 0 saturated carbocycles. The molecule has 0 fully saturated rings. The minimum absolute atomic E-state index is 0.0101. The van der Waals surface area contributed by atoms with E-state index in [1.807, 2.05) is 23.9 Å². The summed E-state index contributed by atoms with van der Waals surface area (Å²) >= 11 is 1.45. The van der Waals surface area contributed by atoms with E-state index in [0.717, 1.165) is 17.3 Å². The van der Waals surface area contributed by atoms with Crippen molar-refractivity contribution < 1.29 is 4.79 Å². The van der Waals surface area contributed by atoms with Gasteiger partial charge in [0.05, 0.1) is 5.75 Å². The van der Waals surface area contributed by atoms with Gasteiger partial charge in [-0.25, -0.2) is 4.98 Å². The number of hydrogen-bond donors (Lipinski definition) is 1. The van der Waals surface area contributed by atoms with E-state index in [0.29, 0.717) is 5.75 Å². The number of hydrogen-bond acceptors (Lipinski definition) is 3. The molecule has 0 spiro atoms. The monoisotopic (exact) mass is 287 g/mol. The molecule has 1 aliphatic rings. The van der Waals surface area contributed by atoms with E-state index < -0.39 is 0 Å². The van der Waals surface area contributed by atoms with Crippen molar-refractivity contribution in [2.75, 3.05) is 11.1 Å². The fraction of sp³-hybridized carbons (Fsp3) is 0.333. The Hall–Kier alpha value is -1.75. The summed E-state index contributed by atoms with van der Waals surface area (Å²) in [4.78, 5) is 16.1. The predicted molar refractivity (Wildman–Crippen MR) is 81.0 cm³/mol. The predicted octanol–water partition coefficient (Wildman–Crippen LogP) is 2.64. The molecular formula is C15H17N3OS. The van der Waals surface area contributed by atoms with Crippen LogP contribution in [0, 0.1) is 0 Å². The van der Waals surface area contributed by atoms with Crippen LogP contribution in [0.15, 0.2) is 35.7 Å². The summed E-state index contributed by atoms with van der Waals surface area (Å²) in [5.74, 6) is 0.387. The maximum absolute atomic E-state index is 12.0. The molecule has 1 N–H and O–H groups in total. The normalized spacial score (nSPS) is 13.2. The van der Waals surface area contributed by atoms with Crippen LogP contribution in [0.4, 0.5) is 5.69 Å². The smallest absolute Gasteiger partial charge is 0.234 e. The molecule has 20 heavy (non-hydrogen) atoms. The molecule has 1 aromatic carbocycles. The SMILES string of the molecule is Cn1ccnc1SCC(=O)Nc1ccc2c(c1)CCC2. The molecule has 0 unspecified atom stereocenters. The van der Waals surface area contributed by atoms with E-state index in [1.165, 1.54) is 35.7 Å². The van der Waals surface area contributed by atoms with E-state index in [9.17, 15) is 4.79 Å². The van der Waals surface area contributed by atoms with Gasteiger partial charge in [-0.15, -0.1) is 0 Å². The molecule has 5 heteroatoms. The molecule has 1 aliphatic carbocycles. The number of aromatic nitrogens is 2. The van der Waals surface area contributed by atoms with Crippen LogP contribution in [0.2, 0.25) is 0 Å². The Bertz CT molecular complexity index is 636. The van der Waals surface area contributed by atoms with Crippen molar-refractivity contribution in [2.45, 2.75) is 24.4 Å². The number of carbonyl (C=O) groups is 1. The average Bonchev–Trinajstić information content (AvgIpc) is 3.04. The van der Waals surface area contributed by atoms with Gasteiger partial charge in [0.25, 0.3) is 0 Å². The minimum Gasteiger partial charge on any atom is -0.329 e. The van der Waals surface area contributed by atoms with Crippen LogP contribution in [0.25, 0.3) is 0 Å². The Kier molecular flexibility index (Phi) is 3.78. The molecule has 3 rings (SSSR count). The van der Waals surface area contributed by atoms with Crippen LogP contribution in [-0.2, 0) is 24.7 Å². The summed E-state index contributed by atoms with van der Waals surface area (Å²) in [6.07, 6.45) is 7.13. The molecule has 0 saturated heterocycles. The van der Waals surface area contributed by atoms with Crippen LogP contribution in [-0.4, -0.2) is 21.2 Å². The summed E-state index contributed by atoms with van der Waals surface area (Å²) in [5, 5.41) is 3.81. The molecule has 2 aromatic rings. The molecule has 104 valence electrons. The average molecular weight is 287 g/mol. The Labute approximate surface area is 122 Å². The molecule has 1 amide bonds. The Morgan fingerprint density at radius 3 is 3.05 bits per heavy atom. The zero-order chi connectivity index (χ0) is 13.9. The summed E-state index contributed by atoms with van der Waals surface area (Å²) in [5.41, 5.74) is 3.70. The highest BCUT2D eigenvalue weighted by Gasteiger charge is 2.12. The molecule has 0 atom stereocenters. The zero-order valence-corrected chi connectivity index (χ0v) is 12.2. The van der Waals surface area contributed by atoms with Gasteiger partial charge >= 0.3 is 0 Å². The third-order valence-electron chi connectivity index (χ3n) is 3.49. The third kappa shape index (κ3) is 2.88. The van der Waals surface area contributed by atoms with Crippen molar-refractivity contribution >= 4 is 23.4 Å². The number of anilines is 1. The maximum atomic E-state index is 12.0. The van der Waals surface area contributed by atoms with Gasteiger partial charge in [0, 0.05) is 25.1 Å². The highest BCUT2D eigenvalue weighted by molar-refractivity contribution is 7.99. The summed E-state index contributed by atoms with van der Waals surface area (Å²) in [7, 11) is 1.92. The van der Waals surface area contributed by atoms with Gasteiger partial charge in [-0.05, 0) is 42.5 Å². The summed E-state index contributed by atoms with van der Waals surface area (Å²) in [6, 6.07) is 6.23. The third-order valence-corrected chi connectivity index (χ3v) is 4.55. The van der Waals surface area contributed by atoms with Gasteiger partial charge < -0.3 is 9.88 Å². The zero-order valence-electron chi connectivity index (χ0n) is 11.4. The number of benzene rings is 1. The number of imidazole rings is 1. The van der Waals surface area contributed by atoms with E-state index in [-0.39, 0.29) is 5.91 Å². The lowest BCUT2D eigenvalue weighted by molar-refractivity contribution is -0.113. The molecule has 4 nitrogen and oxygen atoms in total. The van der Waals surface area contributed by atoms with Gasteiger partial charge in [-0.3, -0.25) is 4.79 Å². The first kappa shape index (κ1) is 13.2. The second kappa shape index (κ2) is 5.71. The first-order valence-corrected chi connectivity index (χ1v) is 7.73. The first-order chi connectivity index (χ1) is 9.72. The molecule has 1 aromatic heterocycles. The first-order valence-electron chi connectivity index (χ1n) is 6.74. The highest BCUT2D eigenvalue weighted by atomic mass is 32.2. The van der Waals surface area contributed by atoms with Gasteiger partial charge in [0.2, 0.25) is 5.91 Å². The van der Waals surface area contributed by atoms with E-state index in [2.05, 4.69) is 22.4 Å². The lowest BCUT2D eigenvalue weighted by atomic mass is 10.1. The van der Waals surface area contributed by atoms with Crippen molar-refractivity contribution in [1.82, 2.24) is 9.55 Å². The van der Waals surface area contributed by atoms with Crippen molar-refractivity contribution in [3.05, 3.63) is 41.7 Å². The Balaban J connectivity index is 1.58. The number of nitrogens with zero attached hydrogens (tertiary/aromatic N) is 2. The number of nitrogens with one attached hydrogen (secondary N) is 1. The lowest BCUT2D eigenvalue weighted by Crippen LogP contribution is -2.14. The number of fused-ring (bicyclic) bond motifs is 1. The quantitative estimate of drug-likeness (QED) is 0.879. The fourth-order valence-electron chi connectivity index (χ4n) is 2.47. The van der Waals surface area contributed by atoms with Gasteiger partial charge in [0.15, 0.2) is 5.16 Å². The molecule has 0 bridgehead atoms. The summed E-state index contributed by atoms with van der Waals surface area (Å²) in [6.45, 7) is 0. The maximum Gasteiger partial charge on any atom is 0.234 e. The van der Waals surface area contributed by atoms with Gasteiger partial charge in [0.1, 0.15) is 0 Å². The van der Waals surface area contributed by atoms with Crippen LogP contribution in [0.5, 0.6) is 0 Å². The number of aryl methyl sites for hydroxylation is 3. The van der Waals surface area contributed by atoms with Gasteiger partial charge in [-0.1, -0.05) is 17.8 Å². The molecular weight excluding hydrogens is 270 g/mol. The lowest BCUT2D eigenvalue weighted by Gasteiger charge is -2.07. The van der Waals surface area contributed by atoms with E-state index >= 15 is 0 Å². The number of carbonyl (C=O) groups excluding carboxylic acids is 1. The largest absolute Gasteiger partial charge is 0.329 e. The van der Waals surface area contributed by atoms with Crippen molar-refractivity contribution in [3.63, 3.8) is 0 Å². The van der Waals surface area contributed by atoms with Crippen LogP contribution in [0.3, 0.4) is 0 Å². The fourth-order valence-corrected chi connectivity index (χ4v) is 3.20. The van der Waals surface area contributed by atoms with Crippen LogP contribution in [0.1, 0.15) is 17.5 Å². The Morgan fingerprint density at radius 2 is 2.25 bits per heavy atom. The number of rotatable bonds is 4. The second-order valence-electron chi connectivity index (χ2n) is 4.99. The van der Waals surface area contributed by atoms with Gasteiger partial charge in [-0.2, -0.15) is 0 Å². The second-order valence-corrected chi connectivity index (χ2v) is 5.94. The topological polar surface area (TPSA) is 46.9 Å². The highest BCUT2D eigenvalue weighted by Crippen LogP contribution is 2.25. The van der Waals surface area contributed by atoms with Crippen molar-refractivity contribution in [2.24, 2.45) is 7.05 Å². The number of thioether (sulfide) groups is 1. The van der Waals surface area contributed by atoms with Crippen LogP contribution >= 0.6 is 11.8 Å². The Morgan fingerprint density at radius 1 is 1.40 bits per heavy atom. The molecule has 0 radical (unpaired) electrons. The van der Waals surface area contributed by atoms with Crippen molar-refractivity contribution in [1.29, 1.82) is 0 Å². The van der Waals surface area contributed by atoms with E-state index in [1.54, 1.807) is 6.20 Å². The molecule has 0 aliphatic heterocycles. The molecule has 1 heterocycles. The minimum atomic E-state index is 0.0101. The summed E-state index contributed by atoms with van der Waals surface area (Å²) < 4.78 is 1.91. The van der Waals surface area contributed by atoms with Crippen LogP contribution < -0.4 is 5.32 Å². The van der Waals surface area contributed by atoms with Crippen molar-refractivity contribution in [3.8, 4) is 0 Å². The number of amides is 1. The van der Waals surface area contributed by atoms with E-state index in [4.69, 9.17) is 0 Å². The standard InChI is InChI=1S/C15H17N3OS/c1-18-8-7-16-15(18)20-10-14(19)17-13-6-5-11-3-2-4-12(11)9-13/h5-9H,2-4,10H2,1H3,(H,17,19).